The predicted molar refractivity (Wildman–Crippen MR) is 56.6 cm³/mol. The fraction of sp³-hybridized carbons (Fsp3) is 0.556. The summed E-state index contributed by atoms with van der Waals surface area (Å²) in [4.78, 5) is 11.3. The maximum Gasteiger partial charge on any atom is 0.242 e. The van der Waals surface area contributed by atoms with E-state index in [1.165, 1.54) is 0 Å². The molecule has 1 aromatic rings. The third-order valence-corrected chi connectivity index (χ3v) is 2.32. The van der Waals surface area contributed by atoms with Crippen LogP contribution in [0.25, 0.3) is 0 Å². The smallest absolute Gasteiger partial charge is 0.242 e. The van der Waals surface area contributed by atoms with E-state index < -0.39 is 5.38 Å². The van der Waals surface area contributed by atoms with E-state index in [4.69, 9.17) is 11.6 Å². The van der Waals surface area contributed by atoms with Gasteiger partial charge in [0, 0.05) is 7.05 Å². The van der Waals surface area contributed by atoms with Crippen molar-refractivity contribution in [3.05, 3.63) is 11.4 Å². The summed E-state index contributed by atoms with van der Waals surface area (Å²) in [6.07, 6.45) is 0. The van der Waals surface area contributed by atoms with Crippen LogP contribution in [0, 0.1) is 13.8 Å². The Morgan fingerprint density at radius 3 is 2.50 bits per heavy atom. The Balaban J connectivity index is 2.92. The highest BCUT2D eigenvalue weighted by molar-refractivity contribution is 6.32. The molecular formula is C9H14ClN3O. The lowest BCUT2D eigenvalue weighted by Crippen LogP contribution is -2.21. The first-order valence-corrected chi connectivity index (χ1v) is 4.82. The number of nitrogens with one attached hydrogen (secondary N) is 1. The summed E-state index contributed by atoms with van der Waals surface area (Å²) < 4.78 is 1.73. The normalized spacial score (nSPS) is 12.6. The Hall–Kier alpha value is -1.03. The van der Waals surface area contributed by atoms with Crippen molar-refractivity contribution < 1.29 is 4.79 Å². The monoisotopic (exact) mass is 215 g/mol. The number of carbonyl (C=O) groups is 1. The molecule has 0 saturated heterocycles. The molecule has 1 N–H and O–H groups in total. The van der Waals surface area contributed by atoms with Crippen LogP contribution in [-0.2, 0) is 11.8 Å². The van der Waals surface area contributed by atoms with Crippen molar-refractivity contribution in [1.29, 1.82) is 0 Å². The van der Waals surface area contributed by atoms with Gasteiger partial charge in [0.05, 0.1) is 17.1 Å². The molecule has 0 fully saturated rings. The van der Waals surface area contributed by atoms with Gasteiger partial charge in [-0.1, -0.05) is 0 Å². The first-order valence-electron chi connectivity index (χ1n) is 4.38. The molecule has 1 heterocycles. The van der Waals surface area contributed by atoms with Gasteiger partial charge >= 0.3 is 0 Å². The van der Waals surface area contributed by atoms with E-state index in [2.05, 4.69) is 10.4 Å². The summed E-state index contributed by atoms with van der Waals surface area (Å²) >= 11 is 5.65. The average Bonchev–Trinajstić information content (AvgIpc) is 2.32. The van der Waals surface area contributed by atoms with Gasteiger partial charge in [0.25, 0.3) is 0 Å². The number of aromatic nitrogens is 2. The number of rotatable bonds is 2. The van der Waals surface area contributed by atoms with Crippen LogP contribution in [0.15, 0.2) is 0 Å². The van der Waals surface area contributed by atoms with E-state index in [1.54, 1.807) is 11.6 Å². The summed E-state index contributed by atoms with van der Waals surface area (Å²) in [5.74, 6) is -0.203. The molecule has 0 bridgehead atoms. The fourth-order valence-corrected chi connectivity index (χ4v) is 1.23. The molecule has 1 aromatic heterocycles. The topological polar surface area (TPSA) is 46.9 Å². The number of aryl methyl sites for hydroxylation is 2. The third-order valence-electron chi connectivity index (χ3n) is 2.12. The van der Waals surface area contributed by atoms with Crippen molar-refractivity contribution in [2.45, 2.75) is 26.1 Å². The molecule has 5 heteroatoms. The first-order chi connectivity index (χ1) is 6.43. The number of alkyl halides is 1. The summed E-state index contributed by atoms with van der Waals surface area (Å²) in [6, 6.07) is 0. The number of amides is 1. The molecule has 1 atom stereocenters. The van der Waals surface area contributed by atoms with Gasteiger partial charge in [0.1, 0.15) is 5.38 Å². The van der Waals surface area contributed by atoms with E-state index >= 15 is 0 Å². The lowest BCUT2D eigenvalue weighted by atomic mass is 10.3. The van der Waals surface area contributed by atoms with Gasteiger partial charge in [-0.3, -0.25) is 9.48 Å². The van der Waals surface area contributed by atoms with Crippen LogP contribution < -0.4 is 5.32 Å². The molecule has 4 nitrogen and oxygen atoms in total. The Morgan fingerprint density at radius 1 is 1.57 bits per heavy atom. The van der Waals surface area contributed by atoms with Gasteiger partial charge in [-0.2, -0.15) is 5.10 Å². The lowest BCUT2D eigenvalue weighted by Gasteiger charge is -2.06. The second-order valence-corrected chi connectivity index (χ2v) is 3.93. The summed E-state index contributed by atoms with van der Waals surface area (Å²) in [6.45, 7) is 5.38. The van der Waals surface area contributed by atoms with Crippen molar-refractivity contribution in [3.63, 3.8) is 0 Å². The number of carbonyl (C=O) groups excluding carboxylic acids is 1. The molecule has 78 valence electrons. The van der Waals surface area contributed by atoms with E-state index in [1.807, 2.05) is 20.9 Å². The van der Waals surface area contributed by atoms with Crippen molar-refractivity contribution in [1.82, 2.24) is 9.78 Å². The van der Waals surface area contributed by atoms with Crippen LogP contribution in [0.2, 0.25) is 0 Å². The second-order valence-electron chi connectivity index (χ2n) is 3.27. The maximum absolute atomic E-state index is 11.3. The minimum atomic E-state index is -0.533. The molecule has 0 radical (unpaired) electrons. The SMILES string of the molecule is Cc1nn(C)c(C)c1NC(=O)[C@@H](C)Cl. The Kier molecular flexibility index (Phi) is 3.16. The molecule has 0 aliphatic heterocycles. The maximum atomic E-state index is 11.3. The van der Waals surface area contributed by atoms with Gasteiger partial charge in [-0.15, -0.1) is 11.6 Å². The molecular weight excluding hydrogens is 202 g/mol. The molecule has 1 rings (SSSR count). The lowest BCUT2D eigenvalue weighted by molar-refractivity contribution is -0.115. The highest BCUT2D eigenvalue weighted by Gasteiger charge is 2.15. The minimum absolute atomic E-state index is 0.203. The van der Waals surface area contributed by atoms with Crippen LogP contribution in [0.1, 0.15) is 18.3 Å². The molecule has 0 saturated carbocycles. The van der Waals surface area contributed by atoms with E-state index in [9.17, 15) is 4.79 Å². The number of nitrogens with zero attached hydrogens (tertiary/aromatic N) is 2. The largest absolute Gasteiger partial charge is 0.322 e. The summed E-state index contributed by atoms with van der Waals surface area (Å²) in [5.41, 5.74) is 2.48. The second kappa shape index (κ2) is 4.00. The minimum Gasteiger partial charge on any atom is -0.322 e. The van der Waals surface area contributed by atoms with Gasteiger partial charge in [0.15, 0.2) is 0 Å². The average molecular weight is 216 g/mol. The zero-order chi connectivity index (χ0) is 10.9. The van der Waals surface area contributed by atoms with Crippen LogP contribution in [0.5, 0.6) is 0 Å². The molecule has 0 spiro atoms. The number of hydrogen-bond acceptors (Lipinski definition) is 2. The van der Waals surface area contributed by atoms with Crippen molar-refractivity contribution in [3.8, 4) is 0 Å². The quantitative estimate of drug-likeness (QED) is 0.762. The van der Waals surface area contributed by atoms with Crippen LogP contribution in [-0.4, -0.2) is 21.1 Å². The Bertz CT molecular complexity index is 357. The van der Waals surface area contributed by atoms with Crippen molar-refractivity contribution >= 4 is 23.2 Å². The standard InChI is InChI=1S/C9H14ClN3O/c1-5(10)9(14)11-8-6(2)12-13(4)7(8)3/h5H,1-4H3,(H,11,14)/t5-/m1/s1. The van der Waals surface area contributed by atoms with Gasteiger partial charge in [0.2, 0.25) is 5.91 Å². The highest BCUT2D eigenvalue weighted by atomic mass is 35.5. The molecule has 0 aromatic carbocycles. The van der Waals surface area contributed by atoms with Crippen LogP contribution in [0.4, 0.5) is 5.69 Å². The van der Waals surface area contributed by atoms with Crippen LogP contribution in [0.3, 0.4) is 0 Å². The van der Waals surface area contributed by atoms with Gasteiger partial charge in [-0.05, 0) is 20.8 Å². The number of hydrogen-bond donors (Lipinski definition) is 1. The van der Waals surface area contributed by atoms with Crippen LogP contribution >= 0.6 is 11.6 Å². The zero-order valence-corrected chi connectivity index (χ0v) is 9.51. The molecule has 0 aliphatic carbocycles. The third kappa shape index (κ3) is 2.07. The molecule has 14 heavy (non-hydrogen) atoms. The summed E-state index contributed by atoms with van der Waals surface area (Å²) in [5, 5.41) is 6.39. The summed E-state index contributed by atoms with van der Waals surface area (Å²) in [7, 11) is 1.84. The van der Waals surface area contributed by atoms with E-state index in [-0.39, 0.29) is 5.91 Å². The Labute approximate surface area is 88.2 Å². The van der Waals surface area contributed by atoms with E-state index in [0.717, 1.165) is 17.1 Å². The van der Waals surface area contributed by atoms with Crippen molar-refractivity contribution in [2.24, 2.45) is 7.05 Å². The fourth-order valence-electron chi connectivity index (χ4n) is 1.18. The predicted octanol–water partition coefficient (Wildman–Crippen LogP) is 1.60. The van der Waals surface area contributed by atoms with Gasteiger partial charge in [-0.25, -0.2) is 0 Å². The number of halogens is 1. The Morgan fingerprint density at radius 2 is 2.14 bits per heavy atom. The van der Waals surface area contributed by atoms with Gasteiger partial charge < -0.3 is 5.32 Å². The molecule has 0 aliphatic rings. The zero-order valence-electron chi connectivity index (χ0n) is 8.76. The number of anilines is 1. The highest BCUT2D eigenvalue weighted by Crippen LogP contribution is 2.18. The van der Waals surface area contributed by atoms with Crippen molar-refractivity contribution in [2.75, 3.05) is 5.32 Å². The molecule has 1 amide bonds. The first kappa shape index (κ1) is 11.0. The molecule has 0 unspecified atom stereocenters. The van der Waals surface area contributed by atoms with E-state index in [0.29, 0.717) is 0 Å².